The van der Waals surface area contributed by atoms with Gasteiger partial charge in [-0.15, -0.1) is 0 Å². The molecule has 4 aliphatic rings. The number of aliphatic hydroxyl groups excluding tert-OH is 3. The van der Waals surface area contributed by atoms with Gasteiger partial charge in [-0.2, -0.15) is 11.8 Å². The molecule has 0 aromatic heterocycles. The maximum absolute atomic E-state index is 14.4. The molecule has 0 spiro atoms. The summed E-state index contributed by atoms with van der Waals surface area (Å²) in [4.78, 5) is 212. The molecule has 2 bridgehead atoms. The van der Waals surface area contributed by atoms with Crippen LogP contribution in [-0.4, -0.2) is 273 Å². The SMILES string of the molecule is CC[C@H](C)[C@@H]1NC(=O)[C@@H]2CCCN2C(=O)[C@H](CO)NC(=O)[C@H](CCCSC)NC(=O)[C@H](C)NC(=O)[C@H](CO)NC(=O)[C@@H]2CSSC[C@H](NC(=O)CN)C(=O)N[C@@H](CSSC[C@@H](C(N)=O)NC1=O)C(=O)N[C@@H](CO)C(=O)N[C@@H](C)C(=O)N1CCC[C@H]1C(=O)N[C@@H](C(C)C)C(=O)N2. The zero-order valence-corrected chi connectivity index (χ0v) is 58.1. The molecule has 0 aliphatic carbocycles. The van der Waals surface area contributed by atoms with Crippen LogP contribution in [0.2, 0.25) is 0 Å². The summed E-state index contributed by atoms with van der Waals surface area (Å²) in [5.41, 5.74) is 11.4. The Labute approximate surface area is 570 Å². The molecular formula is C56H92N16O18S5. The van der Waals surface area contributed by atoms with E-state index in [0.717, 1.165) is 48.1 Å². The van der Waals surface area contributed by atoms with E-state index >= 15 is 0 Å². The summed E-state index contributed by atoms with van der Waals surface area (Å²) in [5, 5.41) is 61.6. The standard InChI is InChI=1S/C56H92N16O18S5/c1-8-27(4)42-54(88)66-34(43(58)77)22-92-94-24-36-49(83)64-32(20-74)47(81)60-29(6)55(89)71-15-9-13-38(71)51(85)69-41(26(2)3)53(87)68-37(25-95-93-23-35(48(82)67-36)61-40(76)18-57)50(84)63-31(19-73)46(80)59-28(5)44(78)62-30(12-11-17-91-7)45(79)65-33(21-75)56(90)72-16-10-14-39(72)52(86)70-42/h26-39,41-42,73-75H,8-25,57H2,1-7H3,(H2,58,77)(H,59,80)(H,60,81)(H,61,76)(H,62,78)(H,63,84)(H,64,83)(H,65,79)(H,66,88)(H,67,82)(H,68,87)(H,69,85)(H,70,86)/t27-,28-,29-,30-,31-,32-,33-,34-,35-,36-,37-,38-,39-,41-,42-/m0/s1. The van der Waals surface area contributed by atoms with Gasteiger partial charge in [0.05, 0.1) is 26.4 Å². The maximum Gasteiger partial charge on any atom is 0.248 e. The van der Waals surface area contributed by atoms with E-state index in [4.69, 9.17) is 11.5 Å². The highest BCUT2D eigenvalue weighted by Crippen LogP contribution is 2.27. The third-order valence-electron chi connectivity index (χ3n) is 16.0. The molecule has 19 N–H and O–H groups in total. The average Bonchev–Trinajstić information content (AvgIpc) is 1.76. The van der Waals surface area contributed by atoms with Crippen LogP contribution < -0.4 is 75.3 Å². The minimum Gasteiger partial charge on any atom is -0.394 e. The van der Waals surface area contributed by atoms with Gasteiger partial charge in [-0.05, 0) is 76.2 Å². The Morgan fingerprint density at radius 3 is 1.52 bits per heavy atom. The molecule has 15 amide bonds. The predicted molar refractivity (Wildman–Crippen MR) is 355 cm³/mol. The van der Waals surface area contributed by atoms with Crippen LogP contribution in [0.5, 0.6) is 0 Å². The lowest BCUT2D eigenvalue weighted by molar-refractivity contribution is -0.143. The van der Waals surface area contributed by atoms with Gasteiger partial charge in [0, 0.05) is 36.1 Å². The van der Waals surface area contributed by atoms with Crippen molar-refractivity contribution >= 4 is 144 Å². The van der Waals surface area contributed by atoms with Gasteiger partial charge in [0.25, 0.3) is 0 Å². The molecule has 34 nitrogen and oxygen atoms in total. The quantitative estimate of drug-likeness (QED) is 0.0602. The maximum atomic E-state index is 14.4. The Balaban J connectivity index is 1.86. The highest BCUT2D eigenvalue weighted by Gasteiger charge is 2.43. The second-order valence-electron chi connectivity index (χ2n) is 23.4. The van der Waals surface area contributed by atoms with Gasteiger partial charge in [-0.25, -0.2) is 0 Å². The largest absolute Gasteiger partial charge is 0.394 e. The van der Waals surface area contributed by atoms with Crippen LogP contribution in [0.4, 0.5) is 0 Å². The number of primary amides is 1. The number of hydrogen-bond acceptors (Lipinski definition) is 24. The molecule has 0 radical (unpaired) electrons. The first kappa shape index (κ1) is 81.1. The van der Waals surface area contributed by atoms with Crippen molar-refractivity contribution in [2.75, 3.05) is 74.5 Å². The normalized spacial score (nSPS) is 30.1. The number of rotatable bonds is 13. The summed E-state index contributed by atoms with van der Waals surface area (Å²) in [6.45, 7) is 5.39. The first-order valence-corrected chi connectivity index (χ1v) is 37.5. The number of nitrogens with two attached hydrogens (primary N) is 2. The first-order chi connectivity index (χ1) is 45.0. The van der Waals surface area contributed by atoms with E-state index in [9.17, 15) is 87.2 Å². The lowest BCUT2D eigenvalue weighted by Gasteiger charge is -2.31. The summed E-state index contributed by atoms with van der Waals surface area (Å²) in [6, 6.07) is -20.9. The van der Waals surface area contributed by atoms with Crippen LogP contribution in [0.15, 0.2) is 0 Å². The van der Waals surface area contributed by atoms with Gasteiger partial charge in [0.1, 0.15) is 84.6 Å². The fourth-order valence-corrected chi connectivity index (χ4v) is 15.3. The van der Waals surface area contributed by atoms with E-state index < -0.39 is 223 Å². The molecule has 0 aromatic rings. The lowest BCUT2D eigenvalue weighted by atomic mass is 9.97. The van der Waals surface area contributed by atoms with Crippen molar-refractivity contribution in [2.45, 2.75) is 171 Å². The number of thioether (sulfide) groups is 1. The number of fused-ring (bicyclic) bond motifs is 10. The zero-order chi connectivity index (χ0) is 70.8. The molecule has 0 aromatic carbocycles. The molecular weight excluding hydrogens is 1350 g/mol. The summed E-state index contributed by atoms with van der Waals surface area (Å²) < 4.78 is 0. The average molecular weight is 1440 g/mol. The minimum atomic E-state index is -1.82. The van der Waals surface area contributed by atoms with Crippen molar-refractivity contribution in [3.63, 3.8) is 0 Å². The molecule has 4 aliphatic heterocycles. The smallest absolute Gasteiger partial charge is 0.248 e. The van der Waals surface area contributed by atoms with Crippen LogP contribution >= 0.6 is 54.9 Å². The van der Waals surface area contributed by atoms with E-state index in [2.05, 4.69) is 63.8 Å². The van der Waals surface area contributed by atoms with E-state index in [-0.39, 0.29) is 50.3 Å². The van der Waals surface area contributed by atoms with Crippen molar-refractivity contribution in [1.29, 1.82) is 0 Å². The van der Waals surface area contributed by atoms with E-state index in [1.165, 1.54) is 30.5 Å². The minimum absolute atomic E-state index is 0.00580. The predicted octanol–water partition coefficient (Wildman–Crippen LogP) is -7.12. The highest BCUT2D eigenvalue weighted by atomic mass is 33.1. The number of aliphatic hydroxyl groups is 3. The Hall–Kier alpha value is -6.36. The fourth-order valence-electron chi connectivity index (χ4n) is 10.2. The van der Waals surface area contributed by atoms with Gasteiger partial charge < -0.3 is 100 Å². The molecule has 4 heterocycles. The van der Waals surface area contributed by atoms with Gasteiger partial charge in [-0.3, -0.25) is 71.9 Å². The van der Waals surface area contributed by atoms with Crippen molar-refractivity contribution < 1.29 is 87.2 Å². The number of hydrogen-bond donors (Lipinski definition) is 17. The number of carbonyl (C=O) groups excluding carboxylic acids is 15. The van der Waals surface area contributed by atoms with Crippen LogP contribution in [-0.2, 0) is 71.9 Å². The van der Waals surface area contributed by atoms with Gasteiger partial charge in [0.15, 0.2) is 0 Å². The van der Waals surface area contributed by atoms with Crippen LogP contribution in [0.25, 0.3) is 0 Å². The Morgan fingerprint density at radius 2 is 1.01 bits per heavy atom. The van der Waals surface area contributed by atoms with Crippen LogP contribution in [0.1, 0.15) is 86.5 Å². The molecule has 4 fully saturated rings. The topological polar surface area (TPSA) is 520 Å². The summed E-state index contributed by atoms with van der Waals surface area (Å²) >= 11 is 1.43. The summed E-state index contributed by atoms with van der Waals surface area (Å²) in [6.07, 6.45) is 3.29. The van der Waals surface area contributed by atoms with Crippen molar-refractivity contribution in [2.24, 2.45) is 23.3 Å². The molecule has 4 saturated heterocycles. The van der Waals surface area contributed by atoms with Crippen molar-refractivity contribution in [3.8, 4) is 0 Å². The highest BCUT2D eigenvalue weighted by molar-refractivity contribution is 8.77. The molecule has 4 rings (SSSR count). The van der Waals surface area contributed by atoms with Crippen molar-refractivity contribution in [3.05, 3.63) is 0 Å². The van der Waals surface area contributed by atoms with Crippen molar-refractivity contribution in [1.82, 2.24) is 73.6 Å². The molecule has 0 saturated carbocycles. The molecule has 15 atom stereocenters. The molecule has 95 heavy (non-hydrogen) atoms. The first-order valence-electron chi connectivity index (χ1n) is 31.1. The van der Waals surface area contributed by atoms with Gasteiger partial charge in [-0.1, -0.05) is 77.3 Å². The number of nitrogens with one attached hydrogen (secondary N) is 12. The summed E-state index contributed by atoms with van der Waals surface area (Å²) in [5.74, 6) is -16.3. The van der Waals surface area contributed by atoms with Crippen LogP contribution in [0.3, 0.4) is 0 Å². The van der Waals surface area contributed by atoms with Gasteiger partial charge in [0.2, 0.25) is 88.6 Å². The van der Waals surface area contributed by atoms with E-state index in [1.54, 1.807) is 34.0 Å². The zero-order valence-electron chi connectivity index (χ0n) is 54.0. The van der Waals surface area contributed by atoms with E-state index in [0.29, 0.717) is 25.0 Å². The van der Waals surface area contributed by atoms with Crippen LogP contribution in [0, 0.1) is 11.8 Å². The second-order valence-corrected chi connectivity index (χ2v) is 29.5. The third-order valence-corrected chi connectivity index (χ3v) is 21.5. The fraction of sp³-hybridized carbons (Fsp3) is 0.732. The molecule has 0 unspecified atom stereocenters. The molecule has 534 valence electrons. The molecule has 39 heteroatoms. The third kappa shape index (κ3) is 24.3. The monoisotopic (exact) mass is 1440 g/mol. The number of carbonyl (C=O) groups is 15. The lowest BCUT2D eigenvalue weighted by Crippen LogP contribution is -2.62. The second kappa shape index (κ2) is 40.4. The van der Waals surface area contributed by atoms with Gasteiger partial charge >= 0.3 is 0 Å². The summed E-state index contributed by atoms with van der Waals surface area (Å²) in [7, 11) is 3.45. The van der Waals surface area contributed by atoms with E-state index in [1.807, 2.05) is 0 Å². The Bertz CT molecular complexity index is 2770. The number of nitrogens with zero attached hydrogens (tertiary/aromatic N) is 2. The Kier molecular flexibility index (Phi) is 34.5. The number of amides is 15. The Morgan fingerprint density at radius 1 is 0.547 bits per heavy atom.